The van der Waals surface area contributed by atoms with Gasteiger partial charge in [0.1, 0.15) is 11.6 Å². The minimum atomic E-state index is -0.249. The fourth-order valence-electron chi connectivity index (χ4n) is 1.86. The molecule has 0 saturated heterocycles. The van der Waals surface area contributed by atoms with Crippen molar-refractivity contribution in [1.29, 1.82) is 0 Å². The van der Waals surface area contributed by atoms with Crippen LogP contribution in [0, 0.1) is 5.82 Å². The molecule has 3 nitrogen and oxygen atoms in total. The number of nitrogens with zero attached hydrogens (tertiary/aromatic N) is 2. The van der Waals surface area contributed by atoms with E-state index >= 15 is 0 Å². The van der Waals surface area contributed by atoms with Crippen LogP contribution in [0.3, 0.4) is 0 Å². The first kappa shape index (κ1) is 12.5. The average Bonchev–Trinajstić information content (AvgIpc) is 2.40. The molecule has 2 rings (SSSR count). The summed E-state index contributed by atoms with van der Waals surface area (Å²) < 4.78 is 13.3. The molecule has 0 unspecified atom stereocenters. The molecule has 94 valence electrons. The van der Waals surface area contributed by atoms with Crippen molar-refractivity contribution >= 4 is 11.5 Å². The number of hydrogen-bond acceptors (Lipinski definition) is 3. The van der Waals surface area contributed by atoms with Crippen LogP contribution in [0.1, 0.15) is 12.5 Å². The van der Waals surface area contributed by atoms with Crippen molar-refractivity contribution in [3.05, 3.63) is 54.0 Å². The van der Waals surface area contributed by atoms with Crippen molar-refractivity contribution < 1.29 is 4.39 Å². The summed E-state index contributed by atoms with van der Waals surface area (Å²) in [6.07, 6.45) is 1.72. The molecule has 1 heterocycles. The van der Waals surface area contributed by atoms with E-state index in [0.717, 1.165) is 17.1 Å². The molecular formula is C14H16FN3. The Kier molecular flexibility index (Phi) is 3.89. The van der Waals surface area contributed by atoms with Crippen LogP contribution in [0.5, 0.6) is 0 Å². The van der Waals surface area contributed by atoms with Crippen molar-refractivity contribution in [1.82, 2.24) is 4.98 Å². The van der Waals surface area contributed by atoms with Crippen LogP contribution in [0.4, 0.5) is 15.9 Å². The molecule has 0 aliphatic carbocycles. The van der Waals surface area contributed by atoms with Crippen LogP contribution in [0.2, 0.25) is 0 Å². The lowest BCUT2D eigenvalue weighted by molar-refractivity contribution is 0.627. The zero-order valence-corrected chi connectivity index (χ0v) is 10.3. The predicted octanol–water partition coefficient (Wildman–Crippen LogP) is 2.84. The molecule has 0 saturated carbocycles. The number of hydrogen-bond donors (Lipinski definition) is 1. The van der Waals surface area contributed by atoms with Gasteiger partial charge in [-0.2, -0.15) is 0 Å². The van der Waals surface area contributed by atoms with Crippen molar-refractivity contribution in [3.63, 3.8) is 0 Å². The third kappa shape index (κ3) is 2.65. The standard InChI is InChI=1S/C14H16FN3/c1-2-18(13-5-3-4-12(15)9-13)14-8-11(10-16)6-7-17-14/h3-9H,2,10,16H2,1H3. The van der Waals surface area contributed by atoms with Gasteiger partial charge in [-0.15, -0.1) is 0 Å². The summed E-state index contributed by atoms with van der Waals surface area (Å²) in [5, 5.41) is 0. The molecule has 0 spiro atoms. The minimum absolute atomic E-state index is 0.249. The van der Waals surface area contributed by atoms with Gasteiger partial charge in [-0.05, 0) is 42.8 Å². The van der Waals surface area contributed by atoms with Gasteiger partial charge < -0.3 is 10.6 Å². The zero-order valence-electron chi connectivity index (χ0n) is 10.3. The van der Waals surface area contributed by atoms with E-state index in [-0.39, 0.29) is 5.82 Å². The maximum atomic E-state index is 13.3. The maximum Gasteiger partial charge on any atom is 0.133 e. The summed E-state index contributed by atoms with van der Waals surface area (Å²) in [6.45, 7) is 3.18. The van der Waals surface area contributed by atoms with E-state index in [1.54, 1.807) is 12.3 Å². The monoisotopic (exact) mass is 245 g/mol. The molecule has 0 aliphatic heterocycles. The Morgan fingerprint density at radius 2 is 2.11 bits per heavy atom. The molecule has 1 aromatic heterocycles. The highest BCUT2D eigenvalue weighted by atomic mass is 19.1. The Bertz CT molecular complexity index is 528. The van der Waals surface area contributed by atoms with E-state index in [1.165, 1.54) is 12.1 Å². The summed E-state index contributed by atoms with van der Waals surface area (Å²) >= 11 is 0. The van der Waals surface area contributed by atoms with Crippen molar-refractivity contribution in [2.45, 2.75) is 13.5 Å². The molecule has 1 aromatic carbocycles. The fraction of sp³-hybridized carbons (Fsp3) is 0.214. The Labute approximate surface area is 106 Å². The number of halogens is 1. The topological polar surface area (TPSA) is 42.1 Å². The van der Waals surface area contributed by atoms with Gasteiger partial charge in [-0.25, -0.2) is 9.37 Å². The summed E-state index contributed by atoms with van der Waals surface area (Å²) in [5.74, 6) is 0.534. The van der Waals surface area contributed by atoms with Gasteiger partial charge in [-0.1, -0.05) is 6.07 Å². The van der Waals surface area contributed by atoms with Crippen molar-refractivity contribution in [2.24, 2.45) is 5.73 Å². The largest absolute Gasteiger partial charge is 0.327 e. The molecule has 0 atom stereocenters. The highest BCUT2D eigenvalue weighted by Crippen LogP contribution is 2.24. The Hall–Kier alpha value is -1.94. The summed E-state index contributed by atoms with van der Waals surface area (Å²) in [5.41, 5.74) is 7.42. The molecule has 0 fully saturated rings. The van der Waals surface area contributed by atoms with E-state index in [0.29, 0.717) is 13.1 Å². The van der Waals surface area contributed by atoms with Gasteiger partial charge in [0.15, 0.2) is 0 Å². The number of rotatable bonds is 4. The van der Waals surface area contributed by atoms with Gasteiger partial charge in [0.05, 0.1) is 0 Å². The Morgan fingerprint density at radius 3 is 2.78 bits per heavy atom. The zero-order chi connectivity index (χ0) is 13.0. The highest BCUT2D eigenvalue weighted by Gasteiger charge is 2.09. The third-order valence-electron chi connectivity index (χ3n) is 2.76. The average molecular weight is 245 g/mol. The van der Waals surface area contributed by atoms with Crippen LogP contribution in [0.15, 0.2) is 42.6 Å². The molecule has 0 radical (unpaired) electrons. The van der Waals surface area contributed by atoms with Gasteiger partial charge in [0.25, 0.3) is 0 Å². The summed E-state index contributed by atoms with van der Waals surface area (Å²) in [4.78, 5) is 6.26. The van der Waals surface area contributed by atoms with Gasteiger partial charge in [0.2, 0.25) is 0 Å². The number of aromatic nitrogens is 1. The lowest BCUT2D eigenvalue weighted by Crippen LogP contribution is -2.17. The second kappa shape index (κ2) is 5.60. The Morgan fingerprint density at radius 1 is 1.28 bits per heavy atom. The lowest BCUT2D eigenvalue weighted by Gasteiger charge is -2.22. The van der Waals surface area contributed by atoms with Crippen molar-refractivity contribution in [2.75, 3.05) is 11.4 Å². The van der Waals surface area contributed by atoms with Crippen LogP contribution in [0.25, 0.3) is 0 Å². The van der Waals surface area contributed by atoms with Crippen LogP contribution < -0.4 is 10.6 Å². The Balaban J connectivity index is 2.38. The molecule has 2 N–H and O–H groups in total. The fourth-order valence-corrected chi connectivity index (χ4v) is 1.86. The molecule has 0 amide bonds. The molecule has 4 heteroatoms. The smallest absolute Gasteiger partial charge is 0.133 e. The van der Waals surface area contributed by atoms with E-state index in [9.17, 15) is 4.39 Å². The van der Waals surface area contributed by atoms with Crippen molar-refractivity contribution in [3.8, 4) is 0 Å². The highest BCUT2D eigenvalue weighted by molar-refractivity contribution is 5.60. The first-order valence-electron chi connectivity index (χ1n) is 5.92. The molecule has 0 bridgehead atoms. The molecule has 0 aliphatic rings. The third-order valence-corrected chi connectivity index (χ3v) is 2.76. The lowest BCUT2D eigenvalue weighted by atomic mass is 10.2. The second-order valence-corrected chi connectivity index (χ2v) is 3.95. The molecule has 18 heavy (non-hydrogen) atoms. The number of pyridine rings is 1. The van der Waals surface area contributed by atoms with Crippen LogP contribution in [-0.4, -0.2) is 11.5 Å². The van der Waals surface area contributed by atoms with Gasteiger partial charge >= 0.3 is 0 Å². The second-order valence-electron chi connectivity index (χ2n) is 3.95. The van der Waals surface area contributed by atoms with Gasteiger partial charge in [0, 0.05) is 25.0 Å². The van der Waals surface area contributed by atoms with E-state index in [4.69, 9.17) is 5.73 Å². The number of benzene rings is 1. The SMILES string of the molecule is CCN(c1cccc(F)c1)c1cc(CN)ccn1. The normalized spacial score (nSPS) is 10.4. The number of nitrogens with two attached hydrogens (primary N) is 1. The predicted molar refractivity (Wildman–Crippen MR) is 71.2 cm³/mol. The summed E-state index contributed by atoms with van der Waals surface area (Å²) in [7, 11) is 0. The first-order valence-corrected chi connectivity index (χ1v) is 5.92. The van der Waals surface area contributed by atoms with Crippen LogP contribution in [-0.2, 0) is 6.54 Å². The quantitative estimate of drug-likeness (QED) is 0.900. The van der Waals surface area contributed by atoms with Gasteiger partial charge in [-0.3, -0.25) is 0 Å². The molecule has 2 aromatic rings. The number of anilines is 2. The summed E-state index contributed by atoms with van der Waals surface area (Å²) in [6, 6.07) is 10.3. The molecular weight excluding hydrogens is 229 g/mol. The van der Waals surface area contributed by atoms with Crippen LogP contribution >= 0.6 is 0 Å². The minimum Gasteiger partial charge on any atom is -0.327 e. The maximum absolute atomic E-state index is 13.3. The van der Waals surface area contributed by atoms with E-state index < -0.39 is 0 Å². The first-order chi connectivity index (χ1) is 8.74. The van der Waals surface area contributed by atoms with E-state index in [2.05, 4.69) is 4.98 Å². The van der Waals surface area contributed by atoms with E-state index in [1.807, 2.05) is 30.0 Å².